The van der Waals surface area contributed by atoms with E-state index in [1.807, 2.05) is 12.3 Å². The van der Waals surface area contributed by atoms with Crippen molar-refractivity contribution in [2.45, 2.75) is 50.3 Å². The van der Waals surface area contributed by atoms with Gasteiger partial charge in [0.15, 0.2) is 5.65 Å². The quantitative estimate of drug-likeness (QED) is 0.470. The zero-order chi connectivity index (χ0) is 24.4. The molecule has 2 fully saturated rings. The van der Waals surface area contributed by atoms with Crippen LogP contribution < -0.4 is 21.5 Å². The SMILES string of the molecule is CNc1cc(Nc2cccn(C3CCOCC3)c2=O)nc2c(C(=O)NC3CC[C@@H](OC)C3)cnn12. The molecule has 4 heterocycles. The molecular weight excluding hydrogens is 450 g/mol. The summed E-state index contributed by atoms with van der Waals surface area (Å²) in [7, 11) is 3.47. The Morgan fingerprint density at radius 2 is 2.06 bits per heavy atom. The predicted octanol–water partition coefficient (Wildman–Crippen LogP) is 2.33. The molecular formula is C24H31N7O4. The van der Waals surface area contributed by atoms with E-state index in [1.54, 1.807) is 35.4 Å². The first-order valence-corrected chi connectivity index (χ1v) is 12.0. The number of carbonyl (C=O) groups excluding carboxylic acids is 1. The zero-order valence-corrected chi connectivity index (χ0v) is 20.0. The van der Waals surface area contributed by atoms with Gasteiger partial charge in [0.2, 0.25) is 0 Å². The Balaban J connectivity index is 1.42. The third-order valence-corrected chi connectivity index (χ3v) is 6.85. The molecule has 0 bridgehead atoms. The number of hydrogen-bond acceptors (Lipinski definition) is 8. The molecule has 1 aliphatic carbocycles. The highest BCUT2D eigenvalue weighted by Gasteiger charge is 2.27. The molecule has 1 amide bonds. The summed E-state index contributed by atoms with van der Waals surface area (Å²) >= 11 is 0. The molecule has 0 spiro atoms. The molecule has 3 aromatic rings. The fraction of sp³-hybridized carbons (Fsp3) is 0.500. The van der Waals surface area contributed by atoms with Crippen LogP contribution in [0.5, 0.6) is 0 Å². The third kappa shape index (κ3) is 4.73. The Morgan fingerprint density at radius 1 is 1.23 bits per heavy atom. The minimum atomic E-state index is -0.227. The van der Waals surface area contributed by atoms with Crippen molar-refractivity contribution >= 4 is 28.9 Å². The van der Waals surface area contributed by atoms with Crippen molar-refractivity contribution < 1.29 is 14.3 Å². The normalized spacial score (nSPS) is 20.7. The molecule has 3 N–H and O–H groups in total. The van der Waals surface area contributed by atoms with Crippen molar-refractivity contribution in [1.82, 2.24) is 24.5 Å². The molecule has 1 saturated carbocycles. The first-order chi connectivity index (χ1) is 17.1. The summed E-state index contributed by atoms with van der Waals surface area (Å²) in [5, 5.41) is 13.7. The number of aromatic nitrogens is 4. The molecule has 2 atom stereocenters. The van der Waals surface area contributed by atoms with E-state index in [9.17, 15) is 9.59 Å². The lowest BCUT2D eigenvalue weighted by molar-refractivity contribution is 0.0687. The highest BCUT2D eigenvalue weighted by molar-refractivity contribution is 6.00. The van der Waals surface area contributed by atoms with E-state index in [4.69, 9.17) is 9.47 Å². The molecule has 11 heteroatoms. The van der Waals surface area contributed by atoms with Gasteiger partial charge in [-0.15, -0.1) is 0 Å². The van der Waals surface area contributed by atoms with Crippen LogP contribution in [0.15, 0.2) is 35.4 Å². The second-order valence-electron chi connectivity index (χ2n) is 9.01. The zero-order valence-electron chi connectivity index (χ0n) is 20.0. The second kappa shape index (κ2) is 10.0. The monoisotopic (exact) mass is 481 g/mol. The van der Waals surface area contributed by atoms with E-state index >= 15 is 0 Å². The van der Waals surface area contributed by atoms with Crippen molar-refractivity contribution in [3.05, 3.63) is 46.5 Å². The van der Waals surface area contributed by atoms with E-state index in [2.05, 4.69) is 26.0 Å². The summed E-state index contributed by atoms with van der Waals surface area (Å²) in [6, 6.07) is 5.51. The molecule has 0 aromatic carbocycles. The molecule has 35 heavy (non-hydrogen) atoms. The maximum absolute atomic E-state index is 13.2. The Hall–Kier alpha value is -3.44. The number of rotatable bonds is 7. The lowest BCUT2D eigenvalue weighted by atomic mass is 10.1. The highest BCUT2D eigenvalue weighted by atomic mass is 16.5. The summed E-state index contributed by atoms with van der Waals surface area (Å²) in [4.78, 5) is 30.9. The molecule has 1 unspecified atom stereocenters. The Bertz CT molecular complexity index is 1260. The second-order valence-corrected chi connectivity index (χ2v) is 9.01. The van der Waals surface area contributed by atoms with E-state index in [1.165, 1.54) is 6.20 Å². The van der Waals surface area contributed by atoms with Crippen LogP contribution >= 0.6 is 0 Å². The van der Waals surface area contributed by atoms with Crippen molar-refractivity contribution in [1.29, 1.82) is 0 Å². The van der Waals surface area contributed by atoms with Gasteiger partial charge in [0.1, 0.15) is 22.9 Å². The number of methoxy groups -OCH3 is 1. The molecule has 11 nitrogen and oxygen atoms in total. The van der Waals surface area contributed by atoms with Crippen LogP contribution in [-0.2, 0) is 9.47 Å². The van der Waals surface area contributed by atoms with Crippen molar-refractivity contribution in [3.63, 3.8) is 0 Å². The summed E-state index contributed by atoms with van der Waals surface area (Å²) < 4.78 is 14.2. The smallest absolute Gasteiger partial charge is 0.274 e. The van der Waals surface area contributed by atoms with Gasteiger partial charge in [0.25, 0.3) is 11.5 Å². The van der Waals surface area contributed by atoms with E-state index in [0.29, 0.717) is 41.7 Å². The number of carbonyl (C=O) groups is 1. The molecule has 3 aromatic heterocycles. The summed E-state index contributed by atoms with van der Waals surface area (Å²) in [5.74, 6) is 0.853. The average molecular weight is 482 g/mol. The standard InChI is InChI=1S/C24H31N7O4/c1-25-21-13-20(28-19-4-3-9-30(24(19)33)16-7-10-35-11-8-16)29-22-18(14-26-31(21)22)23(32)27-15-5-6-17(12-15)34-2/h3-4,9,13-17,25H,5-8,10-12H2,1-2H3,(H,27,32)(H,28,29)/t15?,17-/m1/s1. The Kier molecular flexibility index (Phi) is 6.69. The van der Waals surface area contributed by atoms with Crippen molar-refractivity contribution in [2.75, 3.05) is 38.0 Å². The molecule has 1 aliphatic heterocycles. The van der Waals surface area contributed by atoms with Gasteiger partial charge >= 0.3 is 0 Å². The fourth-order valence-corrected chi connectivity index (χ4v) is 4.91. The van der Waals surface area contributed by atoms with Crippen molar-refractivity contribution in [2.24, 2.45) is 0 Å². The summed E-state index contributed by atoms with van der Waals surface area (Å²) in [5.41, 5.74) is 1.07. The maximum Gasteiger partial charge on any atom is 0.274 e. The third-order valence-electron chi connectivity index (χ3n) is 6.85. The summed E-state index contributed by atoms with van der Waals surface area (Å²) in [6.45, 7) is 1.30. The van der Waals surface area contributed by atoms with Crippen LogP contribution in [-0.4, -0.2) is 64.6 Å². The van der Waals surface area contributed by atoms with E-state index in [0.717, 1.165) is 32.1 Å². The lowest BCUT2D eigenvalue weighted by Gasteiger charge is -2.24. The van der Waals surface area contributed by atoms with Crippen LogP contribution in [0.4, 0.5) is 17.3 Å². The van der Waals surface area contributed by atoms with Crippen LogP contribution in [0.2, 0.25) is 0 Å². The number of ether oxygens (including phenoxy) is 2. The molecule has 186 valence electrons. The van der Waals surface area contributed by atoms with Gasteiger partial charge < -0.3 is 30.0 Å². The number of fused-ring (bicyclic) bond motifs is 1. The number of amides is 1. The number of pyridine rings is 1. The van der Waals surface area contributed by atoms with Gasteiger partial charge in [-0.2, -0.15) is 9.61 Å². The predicted molar refractivity (Wildman–Crippen MR) is 132 cm³/mol. The van der Waals surface area contributed by atoms with Gasteiger partial charge in [-0.25, -0.2) is 4.98 Å². The van der Waals surface area contributed by atoms with Crippen molar-refractivity contribution in [3.8, 4) is 0 Å². The van der Waals surface area contributed by atoms with Gasteiger partial charge in [0.05, 0.1) is 12.3 Å². The Labute approximate surface area is 202 Å². The Morgan fingerprint density at radius 3 is 2.80 bits per heavy atom. The first kappa shape index (κ1) is 23.3. The first-order valence-electron chi connectivity index (χ1n) is 12.0. The maximum atomic E-state index is 13.2. The van der Waals surface area contributed by atoms with Crippen LogP contribution in [0.1, 0.15) is 48.5 Å². The van der Waals surface area contributed by atoms with Crippen LogP contribution in [0.25, 0.3) is 5.65 Å². The minimum absolute atomic E-state index is 0.0560. The lowest BCUT2D eigenvalue weighted by Crippen LogP contribution is -2.33. The van der Waals surface area contributed by atoms with Gasteiger partial charge in [-0.05, 0) is 44.2 Å². The number of nitrogens with one attached hydrogen (secondary N) is 3. The van der Waals surface area contributed by atoms with Crippen LogP contribution in [0.3, 0.4) is 0 Å². The summed E-state index contributed by atoms with van der Waals surface area (Å²) in [6.07, 6.45) is 7.70. The molecule has 2 aliphatic rings. The average Bonchev–Trinajstić information content (AvgIpc) is 3.52. The van der Waals surface area contributed by atoms with Gasteiger partial charge in [-0.3, -0.25) is 9.59 Å². The van der Waals surface area contributed by atoms with Gasteiger partial charge in [0, 0.05) is 51.7 Å². The number of hydrogen-bond donors (Lipinski definition) is 3. The van der Waals surface area contributed by atoms with Gasteiger partial charge in [-0.1, -0.05) is 0 Å². The minimum Gasteiger partial charge on any atom is -0.381 e. The topological polar surface area (TPSA) is 124 Å². The molecule has 1 saturated heterocycles. The van der Waals surface area contributed by atoms with Crippen LogP contribution in [0, 0.1) is 0 Å². The fourth-order valence-electron chi connectivity index (χ4n) is 4.91. The van der Waals surface area contributed by atoms with E-state index in [-0.39, 0.29) is 29.7 Å². The largest absolute Gasteiger partial charge is 0.381 e. The highest BCUT2D eigenvalue weighted by Crippen LogP contribution is 2.24. The molecule has 0 radical (unpaired) electrons. The number of nitrogens with zero attached hydrogens (tertiary/aromatic N) is 4. The molecule has 5 rings (SSSR count). The van der Waals surface area contributed by atoms with E-state index < -0.39 is 0 Å². The number of anilines is 3.